The molecule has 1 aliphatic rings. The van der Waals surface area contributed by atoms with Crippen molar-refractivity contribution < 1.29 is 17.9 Å². The number of anilines is 1. The zero-order chi connectivity index (χ0) is 21.1. The van der Waals surface area contributed by atoms with Crippen molar-refractivity contribution in [2.75, 3.05) is 25.5 Å². The van der Waals surface area contributed by atoms with Gasteiger partial charge in [0.15, 0.2) is 5.13 Å². The molecule has 3 aromatic rings. The van der Waals surface area contributed by atoms with Crippen LogP contribution < -0.4 is 10.1 Å². The van der Waals surface area contributed by atoms with Crippen LogP contribution in [0.5, 0.6) is 5.75 Å². The Bertz CT molecular complexity index is 1150. The topological polar surface area (TPSA) is 88.6 Å². The third-order valence-corrected chi connectivity index (χ3v) is 7.60. The quantitative estimate of drug-likeness (QED) is 0.625. The number of thiazole rings is 1. The molecule has 0 aliphatic carbocycles. The number of amides is 1. The predicted octanol–water partition coefficient (Wildman–Crippen LogP) is 3.86. The Labute approximate surface area is 179 Å². The number of benzene rings is 2. The maximum absolute atomic E-state index is 12.6. The summed E-state index contributed by atoms with van der Waals surface area (Å²) in [5.74, 6) is 0.182. The van der Waals surface area contributed by atoms with Gasteiger partial charge in [0.2, 0.25) is 10.0 Å². The Morgan fingerprint density at radius 3 is 2.50 bits per heavy atom. The van der Waals surface area contributed by atoms with Crippen molar-refractivity contribution in [1.82, 2.24) is 9.29 Å². The summed E-state index contributed by atoms with van der Waals surface area (Å²) in [5, 5.41) is 5.06. The molecule has 30 heavy (non-hydrogen) atoms. The van der Waals surface area contributed by atoms with Gasteiger partial charge in [0.1, 0.15) is 5.75 Å². The van der Waals surface area contributed by atoms with E-state index in [0.29, 0.717) is 35.2 Å². The third kappa shape index (κ3) is 4.09. The van der Waals surface area contributed by atoms with Gasteiger partial charge in [-0.2, -0.15) is 4.31 Å². The number of methoxy groups -OCH3 is 1. The summed E-state index contributed by atoms with van der Waals surface area (Å²) >= 11 is 1.30. The number of carbonyl (C=O) groups excluding carboxylic acids is 1. The number of hydrogen-bond acceptors (Lipinski definition) is 6. The Kier molecular flexibility index (Phi) is 5.85. The molecule has 1 N–H and O–H groups in total. The van der Waals surface area contributed by atoms with Crippen molar-refractivity contribution in [2.45, 2.75) is 17.7 Å². The lowest BCUT2D eigenvalue weighted by molar-refractivity contribution is 0.102. The number of hydrogen-bond donors (Lipinski definition) is 1. The van der Waals surface area contributed by atoms with E-state index in [4.69, 9.17) is 4.74 Å². The van der Waals surface area contributed by atoms with Crippen LogP contribution in [0.3, 0.4) is 0 Å². The van der Waals surface area contributed by atoms with Crippen LogP contribution in [-0.4, -0.2) is 43.8 Å². The van der Waals surface area contributed by atoms with Crippen LogP contribution in [0.25, 0.3) is 11.3 Å². The molecule has 0 spiro atoms. The number of carbonyl (C=O) groups is 1. The van der Waals surface area contributed by atoms with Gasteiger partial charge in [-0.1, -0.05) is 24.3 Å². The second-order valence-electron chi connectivity index (χ2n) is 6.83. The van der Waals surface area contributed by atoms with Gasteiger partial charge in [-0.15, -0.1) is 11.3 Å². The van der Waals surface area contributed by atoms with Gasteiger partial charge < -0.3 is 4.74 Å². The summed E-state index contributed by atoms with van der Waals surface area (Å²) in [4.78, 5) is 17.3. The van der Waals surface area contributed by atoms with Crippen LogP contribution in [0, 0.1) is 0 Å². The van der Waals surface area contributed by atoms with Crippen molar-refractivity contribution >= 4 is 32.4 Å². The summed E-state index contributed by atoms with van der Waals surface area (Å²) < 4.78 is 32.0. The minimum atomic E-state index is -3.44. The SMILES string of the molecule is COc1ccccc1C(=O)Nc1nc(-c2ccc(S(=O)(=O)N3CCCC3)cc2)cs1. The highest BCUT2D eigenvalue weighted by Gasteiger charge is 2.27. The van der Waals surface area contributed by atoms with Gasteiger partial charge in [0.05, 0.1) is 23.3 Å². The molecule has 156 valence electrons. The average Bonchev–Trinajstić information content (AvgIpc) is 3.46. The normalized spacial score (nSPS) is 14.6. The number of para-hydroxylation sites is 1. The lowest BCUT2D eigenvalue weighted by atomic mass is 10.2. The van der Waals surface area contributed by atoms with E-state index in [1.165, 1.54) is 22.8 Å². The van der Waals surface area contributed by atoms with Gasteiger partial charge >= 0.3 is 0 Å². The number of nitrogens with one attached hydrogen (secondary N) is 1. The number of nitrogens with zero attached hydrogens (tertiary/aromatic N) is 2. The van der Waals surface area contributed by atoms with Gasteiger partial charge in [-0.3, -0.25) is 10.1 Å². The van der Waals surface area contributed by atoms with Crippen molar-refractivity contribution in [1.29, 1.82) is 0 Å². The van der Waals surface area contributed by atoms with Crippen molar-refractivity contribution in [3.8, 4) is 17.0 Å². The molecule has 2 heterocycles. The van der Waals surface area contributed by atoms with Crippen LogP contribution in [0.2, 0.25) is 0 Å². The number of ether oxygens (including phenoxy) is 1. The molecule has 7 nitrogen and oxygen atoms in total. The van der Waals surface area contributed by atoms with E-state index >= 15 is 0 Å². The average molecular weight is 444 g/mol. The smallest absolute Gasteiger partial charge is 0.261 e. The zero-order valence-electron chi connectivity index (χ0n) is 16.4. The minimum absolute atomic E-state index is 0.285. The van der Waals surface area contributed by atoms with Crippen molar-refractivity contribution in [3.05, 3.63) is 59.5 Å². The molecule has 1 aliphatic heterocycles. The summed E-state index contributed by atoms with van der Waals surface area (Å²) in [7, 11) is -1.92. The monoisotopic (exact) mass is 443 g/mol. The number of aromatic nitrogens is 1. The van der Waals surface area contributed by atoms with Gasteiger partial charge in [-0.05, 0) is 37.1 Å². The Morgan fingerprint density at radius 1 is 1.10 bits per heavy atom. The number of sulfonamides is 1. The Balaban J connectivity index is 1.49. The lowest BCUT2D eigenvalue weighted by Gasteiger charge is -2.15. The molecule has 0 atom stereocenters. The van der Waals surface area contributed by atoms with Crippen molar-refractivity contribution in [2.24, 2.45) is 0 Å². The first kappa shape index (κ1) is 20.5. The molecule has 4 rings (SSSR count). The molecule has 0 saturated carbocycles. The molecule has 1 saturated heterocycles. The van der Waals surface area contributed by atoms with E-state index in [1.54, 1.807) is 48.5 Å². The van der Waals surface area contributed by atoms with E-state index < -0.39 is 10.0 Å². The second kappa shape index (κ2) is 8.55. The van der Waals surface area contributed by atoms with Gasteiger partial charge in [-0.25, -0.2) is 13.4 Å². The molecule has 1 fully saturated rings. The standard InChI is InChI=1S/C21H21N3O4S2/c1-28-19-7-3-2-6-17(19)20(25)23-21-22-18(14-29-21)15-8-10-16(11-9-15)30(26,27)24-12-4-5-13-24/h2-3,6-11,14H,4-5,12-13H2,1H3,(H,22,23,25). The highest BCUT2D eigenvalue weighted by molar-refractivity contribution is 7.89. The van der Waals surface area contributed by atoms with E-state index in [2.05, 4.69) is 10.3 Å². The summed E-state index contributed by atoms with van der Waals surface area (Å²) in [5.41, 5.74) is 1.87. The van der Waals surface area contributed by atoms with E-state index in [9.17, 15) is 13.2 Å². The fraction of sp³-hybridized carbons (Fsp3) is 0.238. The predicted molar refractivity (Wildman–Crippen MR) is 116 cm³/mol. The van der Waals surface area contributed by atoms with Crippen LogP contribution in [-0.2, 0) is 10.0 Å². The van der Waals surface area contributed by atoms with E-state index in [-0.39, 0.29) is 10.8 Å². The molecule has 0 bridgehead atoms. The van der Waals surface area contributed by atoms with Crippen LogP contribution in [0.15, 0.2) is 58.8 Å². The first-order chi connectivity index (χ1) is 14.5. The largest absolute Gasteiger partial charge is 0.496 e. The summed E-state index contributed by atoms with van der Waals surface area (Å²) in [6, 6.07) is 13.7. The molecular weight excluding hydrogens is 422 g/mol. The van der Waals surface area contributed by atoms with E-state index in [0.717, 1.165) is 18.4 Å². The molecule has 0 unspecified atom stereocenters. The molecule has 0 radical (unpaired) electrons. The Morgan fingerprint density at radius 2 is 1.80 bits per heavy atom. The second-order valence-corrected chi connectivity index (χ2v) is 9.62. The van der Waals surface area contributed by atoms with E-state index in [1.807, 2.05) is 5.38 Å². The molecule has 1 aromatic heterocycles. The highest BCUT2D eigenvalue weighted by atomic mass is 32.2. The van der Waals surface area contributed by atoms with Crippen LogP contribution in [0.1, 0.15) is 23.2 Å². The molecule has 2 aromatic carbocycles. The fourth-order valence-electron chi connectivity index (χ4n) is 3.34. The molecular formula is C21H21N3O4S2. The first-order valence-corrected chi connectivity index (χ1v) is 11.8. The fourth-order valence-corrected chi connectivity index (χ4v) is 5.57. The number of rotatable bonds is 6. The first-order valence-electron chi connectivity index (χ1n) is 9.49. The molecule has 1 amide bonds. The van der Waals surface area contributed by atoms with Crippen molar-refractivity contribution in [3.63, 3.8) is 0 Å². The highest BCUT2D eigenvalue weighted by Crippen LogP contribution is 2.28. The summed E-state index contributed by atoms with van der Waals surface area (Å²) in [6.07, 6.45) is 1.80. The third-order valence-electron chi connectivity index (χ3n) is 4.93. The lowest BCUT2D eigenvalue weighted by Crippen LogP contribution is -2.27. The Hall–Kier alpha value is -2.75. The van der Waals surface area contributed by atoms with Crippen LogP contribution in [0.4, 0.5) is 5.13 Å². The minimum Gasteiger partial charge on any atom is -0.496 e. The maximum atomic E-state index is 12.6. The molecule has 9 heteroatoms. The van der Waals surface area contributed by atoms with Crippen LogP contribution >= 0.6 is 11.3 Å². The van der Waals surface area contributed by atoms with Gasteiger partial charge in [0.25, 0.3) is 5.91 Å². The van der Waals surface area contributed by atoms with Gasteiger partial charge in [0, 0.05) is 24.0 Å². The maximum Gasteiger partial charge on any atom is 0.261 e. The zero-order valence-corrected chi connectivity index (χ0v) is 18.0. The summed E-state index contributed by atoms with van der Waals surface area (Å²) in [6.45, 7) is 1.15.